The molecule has 1 aliphatic rings. The quantitative estimate of drug-likeness (QED) is 0.875. The van der Waals surface area contributed by atoms with Crippen molar-refractivity contribution in [3.63, 3.8) is 0 Å². The third kappa shape index (κ3) is 3.90. The highest BCUT2D eigenvalue weighted by atomic mass is 19.4. The van der Waals surface area contributed by atoms with E-state index in [4.69, 9.17) is 0 Å². The van der Waals surface area contributed by atoms with Crippen molar-refractivity contribution in [2.24, 2.45) is 0 Å². The molecule has 26 heavy (non-hydrogen) atoms. The van der Waals surface area contributed by atoms with Gasteiger partial charge in [-0.05, 0) is 38.5 Å². The molecule has 1 amide bonds. The Bertz CT molecular complexity index is 749. The molecule has 0 spiro atoms. The number of rotatable bonds is 4. The normalized spacial score (nSPS) is 17.8. The average Bonchev–Trinajstić information content (AvgIpc) is 3.13. The summed E-state index contributed by atoms with van der Waals surface area (Å²) in [6, 6.07) is 10.7. The summed E-state index contributed by atoms with van der Waals surface area (Å²) in [5, 5.41) is 8.14. The van der Waals surface area contributed by atoms with Gasteiger partial charge in [0, 0.05) is 18.0 Å². The predicted molar refractivity (Wildman–Crippen MR) is 90.8 cm³/mol. The van der Waals surface area contributed by atoms with Crippen molar-refractivity contribution in [3.05, 3.63) is 53.3 Å². The minimum Gasteiger partial charge on any atom is -0.350 e. The van der Waals surface area contributed by atoms with Crippen LogP contribution in [0.15, 0.2) is 36.4 Å². The summed E-state index contributed by atoms with van der Waals surface area (Å²) in [6.45, 7) is 2.15. The number of aromatic nitrogens is 2. The second-order valence-electron chi connectivity index (χ2n) is 6.80. The number of aromatic amines is 1. The smallest absolute Gasteiger partial charge is 0.350 e. The summed E-state index contributed by atoms with van der Waals surface area (Å²) >= 11 is 0. The van der Waals surface area contributed by atoms with Crippen LogP contribution in [0.5, 0.6) is 0 Å². The molecule has 1 aromatic heterocycles. The topological polar surface area (TPSA) is 61.0 Å². The molecule has 0 atom stereocenters. The maximum absolute atomic E-state index is 12.7. The van der Waals surface area contributed by atoms with Gasteiger partial charge in [-0.15, -0.1) is 0 Å². The summed E-state index contributed by atoms with van der Waals surface area (Å²) in [7, 11) is 2.05. The number of carbonyl (C=O) groups excluding carboxylic acids is 1. The Kier molecular flexibility index (Phi) is 5.04. The van der Waals surface area contributed by atoms with Gasteiger partial charge in [0.15, 0.2) is 5.69 Å². The third-order valence-corrected chi connectivity index (χ3v) is 5.03. The van der Waals surface area contributed by atoms with Crippen molar-refractivity contribution >= 4 is 5.91 Å². The number of hydrogen-bond acceptors (Lipinski definition) is 3. The lowest BCUT2D eigenvalue weighted by atomic mass is 9.72. The zero-order valence-corrected chi connectivity index (χ0v) is 14.4. The average molecular weight is 366 g/mol. The fraction of sp³-hybridized carbons (Fsp3) is 0.444. The maximum atomic E-state index is 12.7. The van der Waals surface area contributed by atoms with Crippen LogP contribution in [0, 0.1) is 0 Å². The largest absolute Gasteiger partial charge is 0.432 e. The highest BCUT2D eigenvalue weighted by Gasteiger charge is 2.37. The summed E-state index contributed by atoms with van der Waals surface area (Å²) in [5.41, 5.74) is -0.383. The lowest BCUT2D eigenvalue weighted by Gasteiger charge is -2.41. The van der Waals surface area contributed by atoms with E-state index >= 15 is 0 Å². The molecule has 0 aliphatic carbocycles. The number of carbonyl (C=O) groups is 1. The zero-order chi connectivity index (χ0) is 18.8. The van der Waals surface area contributed by atoms with Crippen LogP contribution in [-0.4, -0.2) is 47.7 Å². The van der Waals surface area contributed by atoms with Gasteiger partial charge in [0.05, 0.1) is 0 Å². The van der Waals surface area contributed by atoms with Crippen LogP contribution in [0.1, 0.15) is 34.6 Å². The molecule has 8 heteroatoms. The standard InChI is InChI=1S/C18H21F3N4O/c1-25-9-7-17(8-10-25,13-5-3-2-4-6-13)12-22-16(26)14-11-15(24-23-14)18(19,20)21/h2-6,11H,7-10,12H2,1H3,(H,22,26)(H,23,24). The molecule has 3 rings (SSSR count). The third-order valence-electron chi connectivity index (χ3n) is 5.03. The minimum atomic E-state index is -4.55. The van der Waals surface area contributed by atoms with E-state index in [1.165, 1.54) is 0 Å². The maximum Gasteiger partial charge on any atom is 0.432 e. The van der Waals surface area contributed by atoms with Gasteiger partial charge in [0.2, 0.25) is 0 Å². The van der Waals surface area contributed by atoms with Gasteiger partial charge in [-0.1, -0.05) is 30.3 Å². The van der Waals surface area contributed by atoms with Gasteiger partial charge in [-0.3, -0.25) is 9.89 Å². The Morgan fingerprint density at radius 2 is 1.92 bits per heavy atom. The Hall–Kier alpha value is -2.35. The van der Waals surface area contributed by atoms with Gasteiger partial charge in [-0.2, -0.15) is 18.3 Å². The van der Waals surface area contributed by atoms with Crippen LogP contribution in [-0.2, 0) is 11.6 Å². The predicted octanol–water partition coefficient (Wildman–Crippen LogP) is 2.82. The highest BCUT2D eigenvalue weighted by molar-refractivity contribution is 5.92. The first-order chi connectivity index (χ1) is 12.3. The van der Waals surface area contributed by atoms with Crippen molar-refractivity contribution in [3.8, 4) is 0 Å². The fourth-order valence-electron chi connectivity index (χ4n) is 3.33. The fourth-order valence-corrected chi connectivity index (χ4v) is 3.33. The summed E-state index contributed by atoms with van der Waals surface area (Å²) in [4.78, 5) is 14.5. The van der Waals surface area contributed by atoms with Crippen LogP contribution in [0.25, 0.3) is 0 Å². The van der Waals surface area contributed by atoms with Crippen LogP contribution in [0.4, 0.5) is 13.2 Å². The molecule has 1 aromatic carbocycles. The molecule has 2 heterocycles. The Labute approximate surface area is 149 Å². The first-order valence-corrected chi connectivity index (χ1v) is 8.45. The van der Waals surface area contributed by atoms with Crippen molar-refractivity contribution in [1.29, 1.82) is 0 Å². The second kappa shape index (κ2) is 7.11. The number of nitrogens with one attached hydrogen (secondary N) is 2. The minimum absolute atomic E-state index is 0.230. The number of nitrogens with zero attached hydrogens (tertiary/aromatic N) is 2. The molecule has 140 valence electrons. The number of piperidine rings is 1. The van der Waals surface area contributed by atoms with Crippen LogP contribution in [0.3, 0.4) is 0 Å². The first kappa shape index (κ1) is 18.4. The summed E-state index contributed by atoms with van der Waals surface area (Å²) in [5.74, 6) is -0.606. The molecular weight excluding hydrogens is 345 g/mol. The van der Waals surface area contributed by atoms with Gasteiger partial charge in [-0.25, -0.2) is 0 Å². The van der Waals surface area contributed by atoms with Crippen molar-refractivity contribution in [1.82, 2.24) is 20.4 Å². The van der Waals surface area contributed by atoms with E-state index in [9.17, 15) is 18.0 Å². The molecule has 5 nitrogen and oxygen atoms in total. The van der Waals surface area contributed by atoms with E-state index < -0.39 is 17.8 Å². The molecule has 1 fully saturated rings. The number of likely N-dealkylation sites (tertiary alicyclic amines) is 1. The monoisotopic (exact) mass is 366 g/mol. The van der Waals surface area contributed by atoms with Crippen molar-refractivity contribution in [2.75, 3.05) is 26.7 Å². The van der Waals surface area contributed by atoms with Crippen molar-refractivity contribution in [2.45, 2.75) is 24.4 Å². The Balaban J connectivity index is 1.74. The molecule has 0 bridgehead atoms. The van der Waals surface area contributed by atoms with E-state index in [-0.39, 0.29) is 11.1 Å². The number of benzene rings is 1. The number of hydrogen-bond donors (Lipinski definition) is 2. The van der Waals surface area contributed by atoms with E-state index in [1.807, 2.05) is 35.4 Å². The molecule has 0 saturated carbocycles. The van der Waals surface area contributed by atoms with Crippen LogP contribution < -0.4 is 5.32 Å². The highest BCUT2D eigenvalue weighted by Crippen LogP contribution is 2.34. The summed E-state index contributed by atoms with van der Waals surface area (Å²) < 4.78 is 38.0. The van der Waals surface area contributed by atoms with Gasteiger partial charge < -0.3 is 10.2 Å². The lowest BCUT2D eigenvalue weighted by molar-refractivity contribution is -0.141. The molecule has 1 aliphatic heterocycles. The van der Waals surface area contributed by atoms with Gasteiger partial charge in [0.1, 0.15) is 5.69 Å². The molecule has 0 radical (unpaired) electrons. The number of H-pyrrole nitrogens is 1. The van der Waals surface area contributed by atoms with E-state index in [0.717, 1.165) is 37.6 Å². The molecule has 1 saturated heterocycles. The van der Waals surface area contributed by atoms with E-state index in [1.54, 1.807) is 0 Å². The van der Waals surface area contributed by atoms with Crippen molar-refractivity contribution < 1.29 is 18.0 Å². The Morgan fingerprint density at radius 1 is 1.27 bits per heavy atom. The SMILES string of the molecule is CN1CCC(CNC(=O)c2cc(C(F)(F)F)[nH]n2)(c2ccccc2)CC1. The zero-order valence-electron chi connectivity index (χ0n) is 14.4. The summed E-state index contributed by atoms with van der Waals surface area (Å²) in [6.07, 6.45) is -2.82. The first-order valence-electron chi connectivity index (χ1n) is 8.45. The Morgan fingerprint density at radius 3 is 2.50 bits per heavy atom. The number of amides is 1. The number of halogens is 3. The van der Waals surface area contributed by atoms with Gasteiger partial charge in [0.25, 0.3) is 5.91 Å². The van der Waals surface area contributed by atoms with E-state index in [2.05, 4.69) is 22.4 Å². The molecule has 2 aromatic rings. The number of alkyl halides is 3. The molecule has 2 N–H and O–H groups in total. The van der Waals surface area contributed by atoms with Crippen LogP contribution >= 0.6 is 0 Å². The van der Waals surface area contributed by atoms with Crippen LogP contribution in [0.2, 0.25) is 0 Å². The second-order valence-corrected chi connectivity index (χ2v) is 6.80. The van der Waals surface area contributed by atoms with Gasteiger partial charge >= 0.3 is 6.18 Å². The molecule has 0 unspecified atom stereocenters. The lowest BCUT2D eigenvalue weighted by Crippen LogP contribution is -2.48. The van der Waals surface area contributed by atoms with E-state index in [0.29, 0.717) is 6.54 Å². The molecular formula is C18H21F3N4O.